The average molecular weight is 260 g/mol. The molecule has 6 heteroatoms. The molecule has 0 unspecified atom stereocenters. The molecule has 0 aliphatic carbocycles. The fourth-order valence-corrected chi connectivity index (χ4v) is 1.45. The van der Waals surface area contributed by atoms with Crippen molar-refractivity contribution in [3.8, 4) is 0 Å². The first-order valence-corrected chi connectivity index (χ1v) is 5.45. The van der Waals surface area contributed by atoms with Crippen LogP contribution in [0.2, 0.25) is 0 Å². The molecule has 3 nitrogen and oxygen atoms in total. The van der Waals surface area contributed by atoms with Gasteiger partial charge in [-0.3, -0.25) is 4.79 Å². The van der Waals surface area contributed by atoms with Crippen molar-refractivity contribution < 1.29 is 18.0 Å². The van der Waals surface area contributed by atoms with E-state index in [-0.39, 0.29) is 17.6 Å². The van der Waals surface area contributed by atoms with Gasteiger partial charge in [-0.2, -0.15) is 13.2 Å². The summed E-state index contributed by atoms with van der Waals surface area (Å²) in [6.45, 7) is 4.91. The van der Waals surface area contributed by atoms with Crippen LogP contribution in [0.3, 0.4) is 0 Å². The number of hydrogen-bond donors (Lipinski definition) is 2. The van der Waals surface area contributed by atoms with Crippen molar-refractivity contribution in [2.24, 2.45) is 0 Å². The Hall–Kier alpha value is -1.72. The minimum Gasteiger partial charge on any atom is -0.381 e. The van der Waals surface area contributed by atoms with Crippen LogP contribution in [0.5, 0.6) is 0 Å². The van der Waals surface area contributed by atoms with E-state index in [4.69, 9.17) is 0 Å². The molecule has 1 aromatic rings. The molecule has 0 fully saturated rings. The van der Waals surface area contributed by atoms with E-state index >= 15 is 0 Å². The quantitative estimate of drug-likeness (QED) is 0.873. The molecular weight excluding hydrogens is 245 g/mol. The Balaban J connectivity index is 3.16. The zero-order valence-electron chi connectivity index (χ0n) is 10.4. The fraction of sp³-hybridized carbons (Fsp3) is 0.417. The summed E-state index contributed by atoms with van der Waals surface area (Å²) in [6.07, 6.45) is -4.40. The summed E-state index contributed by atoms with van der Waals surface area (Å²) < 4.78 is 37.8. The van der Waals surface area contributed by atoms with Gasteiger partial charge >= 0.3 is 6.18 Å². The first-order chi connectivity index (χ1) is 8.20. The van der Waals surface area contributed by atoms with Gasteiger partial charge in [-0.15, -0.1) is 0 Å². The van der Waals surface area contributed by atoms with Gasteiger partial charge in [0.25, 0.3) is 0 Å². The van der Waals surface area contributed by atoms with Crippen LogP contribution in [0.15, 0.2) is 18.2 Å². The number of benzene rings is 1. The number of halogens is 3. The lowest BCUT2D eigenvalue weighted by Crippen LogP contribution is -2.15. The van der Waals surface area contributed by atoms with E-state index in [1.165, 1.54) is 13.0 Å². The maximum absolute atomic E-state index is 12.6. The van der Waals surface area contributed by atoms with Crippen molar-refractivity contribution >= 4 is 17.3 Å². The van der Waals surface area contributed by atoms with Gasteiger partial charge in [-0.05, 0) is 32.0 Å². The molecule has 18 heavy (non-hydrogen) atoms. The van der Waals surface area contributed by atoms with Gasteiger partial charge in [0.05, 0.1) is 16.9 Å². The summed E-state index contributed by atoms with van der Waals surface area (Å²) in [5.41, 5.74) is -0.154. The summed E-state index contributed by atoms with van der Waals surface area (Å²) in [4.78, 5) is 11.0. The highest BCUT2D eigenvalue weighted by atomic mass is 19.4. The van der Waals surface area contributed by atoms with E-state index in [0.717, 1.165) is 12.1 Å². The van der Waals surface area contributed by atoms with Crippen molar-refractivity contribution in [2.75, 3.05) is 10.6 Å². The number of nitrogens with one attached hydrogen (secondary N) is 2. The Morgan fingerprint density at radius 3 is 2.28 bits per heavy atom. The van der Waals surface area contributed by atoms with Crippen molar-refractivity contribution in [1.82, 2.24) is 0 Å². The number of amides is 1. The van der Waals surface area contributed by atoms with Gasteiger partial charge in [0, 0.05) is 13.0 Å². The molecule has 0 aromatic heterocycles. The monoisotopic (exact) mass is 260 g/mol. The van der Waals surface area contributed by atoms with E-state index in [1.54, 1.807) is 13.8 Å². The first kappa shape index (κ1) is 14.3. The summed E-state index contributed by atoms with van der Waals surface area (Å²) in [5, 5.41) is 5.37. The molecule has 0 saturated carbocycles. The molecule has 100 valence electrons. The highest BCUT2D eigenvalue weighted by Gasteiger charge is 2.31. The summed E-state index contributed by atoms with van der Waals surface area (Å²) in [7, 11) is 0. The predicted octanol–water partition coefficient (Wildman–Crippen LogP) is 3.48. The lowest BCUT2D eigenvalue weighted by Gasteiger charge is -2.17. The van der Waals surface area contributed by atoms with Crippen LogP contribution in [0.25, 0.3) is 0 Å². The maximum Gasteiger partial charge on any atom is 0.416 e. The van der Waals surface area contributed by atoms with Crippen LogP contribution in [0, 0.1) is 0 Å². The fourth-order valence-electron chi connectivity index (χ4n) is 1.45. The van der Waals surface area contributed by atoms with Gasteiger partial charge in [0.1, 0.15) is 0 Å². The molecular formula is C12H15F3N2O. The van der Waals surface area contributed by atoms with Crippen LogP contribution in [-0.4, -0.2) is 11.9 Å². The van der Waals surface area contributed by atoms with Crippen LogP contribution >= 0.6 is 0 Å². The third-order valence-corrected chi connectivity index (χ3v) is 2.10. The molecule has 1 amide bonds. The van der Waals surface area contributed by atoms with E-state index in [2.05, 4.69) is 10.6 Å². The number of alkyl halides is 3. The molecule has 1 aromatic carbocycles. The van der Waals surface area contributed by atoms with Crippen molar-refractivity contribution in [1.29, 1.82) is 0 Å². The second kappa shape index (κ2) is 5.29. The molecule has 0 spiro atoms. The van der Waals surface area contributed by atoms with E-state index in [1.807, 2.05) is 0 Å². The molecule has 0 atom stereocenters. The number of carbonyl (C=O) groups excluding carboxylic acids is 1. The van der Waals surface area contributed by atoms with Crippen LogP contribution in [0.1, 0.15) is 26.3 Å². The summed E-state index contributed by atoms with van der Waals surface area (Å²) >= 11 is 0. The Bertz CT molecular complexity index is 441. The third-order valence-electron chi connectivity index (χ3n) is 2.10. The second-order valence-corrected chi connectivity index (χ2v) is 4.24. The molecule has 1 rings (SSSR count). The summed E-state index contributed by atoms with van der Waals surface area (Å²) in [5.74, 6) is -0.332. The molecule has 0 bridgehead atoms. The maximum atomic E-state index is 12.6. The van der Waals surface area contributed by atoms with Gasteiger partial charge < -0.3 is 10.6 Å². The SMILES string of the molecule is CC(=O)Nc1ccc(C(F)(F)F)cc1NC(C)C. The molecule has 0 radical (unpaired) electrons. The van der Waals surface area contributed by atoms with E-state index < -0.39 is 11.7 Å². The van der Waals surface area contributed by atoms with Crippen molar-refractivity contribution in [3.05, 3.63) is 23.8 Å². The normalized spacial score (nSPS) is 11.5. The number of carbonyl (C=O) groups is 1. The topological polar surface area (TPSA) is 41.1 Å². The predicted molar refractivity (Wildman–Crippen MR) is 64.5 cm³/mol. The first-order valence-electron chi connectivity index (χ1n) is 5.45. The highest BCUT2D eigenvalue weighted by molar-refractivity contribution is 5.92. The second-order valence-electron chi connectivity index (χ2n) is 4.24. The minimum atomic E-state index is -4.40. The Kier molecular flexibility index (Phi) is 4.21. The van der Waals surface area contributed by atoms with Crippen LogP contribution in [0.4, 0.5) is 24.5 Å². The van der Waals surface area contributed by atoms with Crippen molar-refractivity contribution in [3.63, 3.8) is 0 Å². The average Bonchev–Trinajstić information content (AvgIpc) is 2.17. The van der Waals surface area contributed by atoms with E-state index in [9.17, 15) is 18.0 Å². The third kappa shape index (κ3) is 3.94. The van der Waals surface area contributed by atoms with Gasteiger partial charge in [-0.25, -0.2) is 0 Å². The molecule has 0 heterocycles. The van der Waals surface area contributed by atoms with Gasteiger partial charge in [0.2, 0.25) is 5.91 Å². The van der Waals surface area contributed by atoms with Crippen LogP contribution in [-0.2, 0) is 11.0 Å². The van der Waals surface area contributed by atoms with Crippen LogP contribution < -0.4 is 10.6 Å². The van der Waals surface area contributed by atoms with Gasteiger partial charge in [0.15, 0.2) is 0 Å². The van der Waals surface area contributed by atoms with E-state index in [0.29, 0.717) is 5.69 Å². The zero-order chi connectivity index (χ0) is 13.9. The standard InChI is InChI=1S/C12H15F3N2O/c1-7(2)16-11-6-9(12(13,14)15)4-5-10(11)17-8(3)18/h4-7,16H,1-3H3,(H,17,18). The minimum absolute atomic E-state index is 0.0407. The van der Waals surface area contributed by atoms with Gasteiger partial charge in [-0.1, -0.05) is 0 Å². The largest absolute Gasteiger partial charge is 0.416 e. The molecule has 2 N–H and O–H groups in total. The number of anilines is 2. The molecule has 0 saturated heterocycles. The summed E-state index contributed by atoms with van der Waals surface area (Å²) in [6, 6.07) is 3.14. The molecule has 0 aliphatic heterocycles. The Morgan fingerprint density at radius 2 is 1.83 bits per heavy atom. The Morgan fingerprint density at radius 1 is 1.22 bits per heavy atom. The lowest BCUT2D eigenvalue weighted by atomic mass is 10.1. The smallest absolute Gasteiger partial charge is 0.381 e. The number of rotatable bonds is 3. The zero-order valence-corrected chi connectivity index (χ0v) is 10.4. The highest BCUT2D eigenvalue weighted by Crippen LogP contribution is 2.34. The number of hydrogen-bond acceptors (Lipinski definition) is 2. The lowest BCUT2D eigenvalue weighted by molar-refractivity contribution is -0.137. The van der Waals surface area contributed by atoms with Crippen molar-refractivity contribution in [2.45, 2.75) is 33.0 Å². The Labute approximate surface area is 103 Å². The molecule has 0 aliphatic rings.